The van der Waals surface area contributed by atoms with Crippen molar-refractivity contribution in [2.45, 2.75) is 94.6 Å². The molecule has 3 heteroatoms. The summed E-state index contributed by atoms with van der Waals surface area (Å²) in [4.78, 5) is 24.2. The van der Waals surface area contributed by atoms with Gasteiger partial charge in [0.2, 0.25) is 5.78 Å². The van der Waals surface area contributed by atoms with E-state index in [1.165, 1.54) is 5.57 Å². The Balaban J connectivity index is 1.92. The first-order valence-corrected chi connectivity index (χ1v) is 15.4. The van der Waals surface area contributed by atoms with E-state index < -0.39 is 0 Å². The highest BCUT2D eigenvalue weighted by molar-refractivity contribution is 6.38. The average Bonchev–Trinajstić information content (AvgIpc) is 2.88. The van der Waals surface area contributed by atoms with Crippen LogP contribution in [0.5, 0.6) is 0 Å². The highest BCUT2D eigenvalue weighted by atomic mass is 16.3. The number of aliphatic hydroxyl groups is 1. The summed E-state index contributed by atoms with van der Waals surface area (Å²) in [5.41, 5.74) is 6.42. The molecule has 2 aliphatic carbocycles. The Morgan fingerprint density at radius 2 is 1.37 bits per heavy atom. The van der Waals surface area contributed by atoms with Crippen molar-refractivity contribution >= 4 is 11.6 Å². The molecule has 1 saturated carbocycles. The van der Waals surface area contributed by atoms with Gasteiger partial charge in [-0.15, -0.1) is 0 Å². The molecule has 0 heterocycles. The number of rotatable bonds is 8. The van der Waals surface area contributed by atoms with Crippen molar-refractivity contribution in [2.75, 3.05) is 0 Å². The van der Waals surface area contributed by atoms with Crippen molar-refractivity contribution in [1.82, 2.24) is 0 Å². The van der Waals surface area contributed by atoms with Gasteiger partial charge in [-0.3, -0.25) is 9.59 Å². The zero-order valence-electron chi connectivity index (χ0n) is 28.0. The molecule has 230 valence electrons. The van der Waals surface area contributed by atoms with Crippen LogP contribution >= 0.6 is 0 Å². The number of hydrogen-bond donors (Lipinski definition) is 1. The highest BCUT2D eigenvalue weighted by Gasteiger charge is 2.44. The molecule has 43 heavy (non-hydrogen) atoms. The minimum atomic E-state index is -0.278. The second-order valence-corrected chi connectivity index (χ2v) is 13.7. The van der Waals surface area contributed by atoms with Gasteiger partial charge in [-0.25, -0.2) is 0 Å². The fraction of sp³-hybridized carbons (Fsp3) is 0.450. The van der Waals surface area contributed by atoms with Crippen molar-refractivity contribution in [3.63, 3.8) is 0 Å². The zero-order chi connectivity index (χ0) is 32.4. The molecule has 3 nitrogen and oxygen atoms in total. The zero-order valence-corrected chi connectivity index (χ0v) is 28.0. The van der Waals surface area contributed by atoms with Crippen molar-refractivity contribution in [1.29, 1.82) is 0 Å². The molecule has 0 aliphatic heterocycles. The quantitative estimate of drug-likeness (QED) is 0.177. The molecule has 1 N–H and O–H groups in total. The van der Waals surface area contributed by atoms with Gasteiger partial charge in [-0.1, -0.05) is 142 Å². The molecule has 1 fully saturated rings. The van der Waals surface area contributed by atoms with Crippen LogP contribution in [0.3, 0.4) is 0 Å². The van der Waals surface area contributed by atoms with Gasteiger partial charge >= 0.3 is 0 Å². The molecule has 0 bridgehead atoms. The van der Waals surface area contributed by atoms with E-state index in [1.54, 1.807) is 0 Å². The summed E-state index contributed by atoms with van der Waals surface area (Å²) in [5, 5.41) is 10.1. The van der Waals surface area contributed by atoms with Crippen LogP contribution in [0.15, 0.2) is 106 Å². The molecular weight excluding hydrogens is 528 g/mol. The van der Waals surface area contributed by atoms with Crippen LogP contribution < -0.4 is 0 Å². The first-order chi connectivity index (χ1) is 20.0. The number of hydrogen-bond acceptors (Lipinski definition) is 3. The molecule has 2 unspecified atom stereocenters. The topological polar surface area (TPSA) is 54.4 Å². The molecular formula is C40H52O3. The first-order valence-electron chi connectivity index (χ1n) is 15.4. The van der Waals surface area contributed by atoms with Gasteiger partial charge in [0.1, 0.15) is 0 Å². The maximum absolute atomic E-state index is 12.2. The van der Waals surface area contributed by atoms with E-state index in [0.717, 1.165) is 34.3 Å². The third-order valence-corrected chi connectivity index (χ3v) is 8.34. The standard InChI is InChI=1S/C40H52O3/c1-28(17-13-19-30(3)21-23-35-32(5)25-34(41)26-39(35,7)8)15-11-12-16-29(2)18-14-20-31(4)22-24-36-33(6)38(43)37(42)27-40(36,9)10/h11-20,22,24,33-34,36,41H,25-27H2,1-10H3/t33?,34-,36?/m1/s1. The third-order valence-electron chi connectivity index (χ3n) is 8.34. The molecule has 0 saturated heterocycles. The van der Waals surface area contributed by atoms with Crippen LogP contribution in [0.1, 0.15) is 88.5 Å². The van der Waals surface area contributed by atoms with Crippen molar-refractivity contribution in [3.05, 3.63) is 106 Å². The van der Waals surface area contributed by atoms with Crippen LogP contribution in [0.4, 0.5) is 0 Å². The van der Waals surface area contributed by atoms with Crippen molar-refractivity contribution in [3.8, 4) is 11.8 Å². The molecule has 0 radical (unpaired) electrons. The summed E-state index contributed by atoms with van der Waals surface area (Å²) in [6.07, 6.45) is 26.1. The Hall–Kier alpha value is -3.48. The van der Waals surface area contributed by atoms with E-state index in [9.17, 15) is 14.7 Å². The van der Waals surface area contributed by atoms with E-state index in [1.807, 2.05) is 51.2 Å². The van der Waals surface area contributed by atoms with Crippen LogP contribution in [0.2, 0.25) is 0 Å². The van der Waals surface area contributed by atoms with Gasteiger partial charge in [0.15, 0.2) is 5.78 Å². The van der Waals surface area contributed by atoms with Crippen LogP contribution in [-0.4, -0.2) is 22.8 Å². The van der Waals surface area contributed by atoms with Crippen molar-refractivity contribution in [2.24, 2.45) is 22.7 Å². The second-order valence-electron chi connectivity index (χ2n) is 13.7. The molecule has 0 amide bonds. The predicted octanol–water partition coefficient (Wildman–Crippen LogP) is 9.32. The summed E-state index contributed by atoms with van der Waals surface area (Å²) in [6.45, 7) is 20.6. The lowest BCUT2D eigenvalue weighted by molar-refractivity contribution is -0.145. The largest absolute Gasteiger partial charge is 0.393 e. The number of carbonyl (C=O) groups is 2. The van der Waals surface area contributed by atoms with E-state index in [2.05, 4.69) is 103 Å². The molecule has 0 spiro atoms. The van der Waals surface area contributed by atoms with Crippen LogP contribution in [0.25, 0.3) is 0 Å². The third kappa shape index (κ3) is 11.3. The summed E-state index contributed by atoms with van der Waals surface area (Å²) in [6, 6.07) is 0. The minimum absolute atomic E-state index is 0.0505. The lowest BCUT2D eigenvalue weighted by Gasteiger charge is -2.39. The molecule has 2 rings (SSSR count). The molecule has 0 aromatic rings. The Kier molecular flexibility index (Phi) is 13.2. The lowest BCUT2D eigenvalue weighted by atomic mass is 9.63. The van der Waals surface area contributed by atoms with Gasteiger partial charge in [0.05, 0.1) is 6.10 Å². The minimum Gasteiger partial charge on any atom is -0.393 e. The van der Waals surface area contributed by atoms with Gasteiger partial charge in [-0.05, 0) is 64.4 Å². The van der Waals surface area contributed by atoms with Gasteiger partial charge in [0.25, 0.3) is 0 Å². The van der Waals surface area contributed by atoms with Gasteiger partial charge < -0.3 is 5.11 Å². The maximum Gasteiger partial charge on any atom is 0.201 e. The number of ketones is 2. The molecule has 3 atom stereocenters. The number of allylic oxidation sites excluding steroid dienone is 17. The maximum atomic E-state index is 12.2. The highest BCUT2D eigenvalue weighted by Crippen LogP contribution is 2.42. The van der Waals surface area contributed by atoms with Gasteiger partial charge in [0, 0.05) is 23.3 Å². The number of Topliss-reactive ketones (excluding diaryl/α,β-unsaturated/α-hetero) is 2. The van der Waals surface area contributed by atoms with Crippen molar-refractivity contribution < 1.29 is 14.7 Å². The normalized spacial score (nSPS) is 25.9. The smallest absolute Gasteiger partial charge is 0.201 e. The fourth-order valence-electron chi connectivity index (χ4n) is 5.95. The predicted molar refractivity (Wildman–Crippen MR) is 182 cm³/mol. The summed E-state index contributed by atoms with van der Waals surface area (Å²) >= 11 is 0. The van der Waals surface area contributed by atoms with E-state index in [-0.39, 0.29) is 40.3 Å². The molecule has 0 aromatic heterocycles. The Morgan fingerprint density at radius 1 is 0.837 bits per heavy atom. The first kappa shape index (κ1) is 35.7. The van der Waals surface area contributed by atoms with Crippen LogP contribution in [0, 0.1) is 34.5 Å². The summed E-state index contributed by atoms with van der Waals surface area (Å²) < 4.78 is 0. The van der Waals surface area contributed by atoms with E-state index in [4.69, 9.17) is 0 Å². The molecule has 0 aromatic carbocycles. The lowest BCUT2D eigenvalue weighted by Crippen LogP contribution is -2.43. The van der Waals surface area contributed by atoms with Gasteiger partial charge in [-0.2, -0.15) is 0 Å². The molecule has 2 aliphatic rings. The van der Waals surface area contributed by atoms with Crippen LogP contribution in [-0.2, 0) is 9.59 Å². The SMILES string of the molecule is CC(C#CC1=C(C)C[C@@H](O)CC1(C)C)=CC=CC(C)=CC=CC=C(C)C=CC=C(C)C=CC1C(C)C(=O)C(=O)CC1(C)C. The van der Waals surface area contributed by atoms with E-state index >= 15 is 0 Å². The number of carbonyl (C=O) groups excluding carboxylic acids is 2. The Labute approximate surface area is 261 Å². The monoisotopic (exact) mass is 580 g/mol. The Morgan fingerprint density at radius 3 is 1.95 bits per heavy atom. The van der Waals surface area contributed by atoms with E-state index in [0.29, 0.717) is 12.8 Å². The number of aliphatic hydroxyl groups excluding tert-OH is 1. The summed E-state index contributed by atoms with van der Waals surface area (Å²) in [7, 11) is 0. The average molecular weight is 581 g/mol. The fourth-order valence-corrected chi connectivity index (χ4v) is 5.95. The Bertz CT molecular complexity index is 1400. The summed E-state index contributed by atoms with van der Waals surface area (Å²) in [5.74, 6) is 5.95. The second kappa shape index (κ2) is 15.8.